The number of alkyl halides is 1. The molecule has 0 N–H and O–H groups in total. The molecule has 0 bridgehead atoms. The normalized spacial score (nSPS) is 11.8. The van der Waals surface area contributed by atoms with Gasteiger partial charge in [0, 0.05) is 19.0 Å². The van der Waals surface area contributed by atoms with E-state index in [4.69, 9.17) is 16.3 Å². The van der Waals surface area contributed by atoms with Crippen LogP contribution in [0.25, 0.3) is 0 Å². The van der Waals surface area contributed by atoms with E-state index in [-0.39, 0.29) is 6.09 Å². The van der Waals surface area contributed by atoms with Crippen LogP contribution in [-0.4, -0.2) is 35.6 Å². The summed E-state index contributed by atoms with van der Waals surface area (Å²) in [5.41, 5.74) is -0.452. The number of nitrogens with zero attached hydrogens (tertiary/aromatic N) is 1. The molecular formula is C12H22ClNO2. The third-order valence-corrected chi connectivity index (χ3v) is 2.04. The number of allylic oxidation sites excluding steroid dienone is 1. The van der Waals surface area contributed by atoms with Crippen LogP contribution in [0, 0.1) is 0 Å². The van der Waals surface area contributed by atoms with Crippen molar-refractivity contribution in [2.24, 2.45) is 0 Å². The second-order valence-electron chi connectivity index (χ2n) is 4.54. The molecule has 0 atom stereocenters. The maximum Gasteiger partial charge on any atom is 0.410 e. The van der Waals surface area contributed by atoms with Crippen LogP contribution in [0.2, 0.25) is 0 Å². The molecule has 94 valence electrons. The molecule has 0 radical (unpaired) electrons. The maximum atomic E-state index is 11.8. The Bertz CT molecular complexity index is 234. The fourth-order valence-corrected chi connectivity index (χ4v) is 1.19. The van der Waals surface area contributed by atoms with Gasteiger partial charge in [0.05, 0.1) is 0 Å². The van der Waals surface area contributed by atoms with Crippen LogP contribution in [0.15, 0.2) is 12.2 Å². The van der Waals surface area contributed by atoms with E-state index in [1.54, 1.807) is 4.90 Å². The molecule has 4 heteroatoms. The van der Waals surface area contributed by atoms with Crippen LogP contribution in [0.1, 0.15) is 34.1 Å². The van der Waals surface area contributed by atoms with Crippen molar-refractivity contribution in [2.75, 3.05) is 19.0 Å². The van der Waals surface area contributed by atoms with E-state index in [1.807, 2.05) is 39.8 Å². The predicted molar refractivity (Wildman–Crippen MR) is 68.0 cm³/mol. The Morgan fingerprint density at radius 1 is 1.44 bits per heavy atom. The van der Waals surface area contributed by atoms with Crippen molar-refractivity contribution < 1.29 is 9.53 Å². The molecule has 0 saturated heterocycles. The van der Waals surface area contributed by atoms with Crippen molar-refractivity contribution >= 4 is 17.7 Å². The highest BCUT2D eigenvalue weighted by Crippen LogP contribution is 2.10. The Morgan fingerprint density at radius 3 is 2.50 bits per heavy atom. The standard InChI is InChI=1S/C12H22ClNO2/c1-5-6-9-14(10-7-8-13)11(15)16-12(2,3)4/h5-6H,7-10H2,1-4H3/b6-5+. The molecule has 0 rings (SSSR count). The number of hydrogen-bond acceptors (Lipinski definition) is 2. The Kier molecular flexibility index (Phi) is 7.22. The van der Waals surface area contributed by atoms with Gasteiger partial charge in [-0.2, -0.15) is 0 Å². The van der Waals surface area contributed by atoms with Crippen molar-refractivity contribution in [3.63, 3.8) is 0 Å². The minimum atomic E-state index is -0.452. The molecule has 0 aromatic heterocycles. The van der Waals surface area contributed by atoms with Gasteiger partial charge in [-0.15, -0.1) is 11.6 Å². The molecule has 0 aliphatic heterocycles. The highest BCUT2D eigenvalue weighted by atomic mass is 35.5. The first kappa shape index (κ1) is 15.3. The molecule has 0 aliphatic carbocycles. The van der Waals surface area contributed by atoms with E-state index in [2.05, 4.69) is 0 Å². The molecule has 0 aromatic rings. The van der Waals surface area contributed by atoms with Gasteiger partial charge in [0.15, 0.2) is 0 Å². The minimum Gasteiger partial charge on any atom is -0.444 e. The smallest absolute Gasteiger partial charge is 0.410 e. The van der Waals surface area contributed by atoms with E-state index in [1.165, 1.54) is 0 Å². The van der Waals surface area contributed by atoms with Gasteiger partial charge in [0.25, 0.3) is 0 Å². The Morgan fingerprint density at radius 2 is 2.06 bits per heavy atom. The third kappa shape index (κ3) is 7.57. The average molecular weight is 248 g/mol. The average Bonchev–Trinajstić information content (AvgIpc) is 2.15. The highest BCUT2D eigenvalue weighted by molar-refractivity contribution is 6.17. The van der Waals surface area contributed by atoms with Gasteiger partial charge in [-0.1, -0.05) is 12.2 Å². The van der Waals surface area contributed by atoms with Crippen molar-refractivity contribution in [3.05, 3.63) is 12.2 Å². The number of hydrogen-bond donors (Lipinski definition) is 0. The largest absolute Gasteiger partial charge is 0.444 e. The van der Waals surface area contributed by atoms with Gasteiger partial charge in [0.1, 0.15) is 5.60 Å². The first-order valence-corrected chi connectivity index (χ1v) is 6.09. The topological polar surface area (TPSA) is 29.5 Å². The quantitative estimate of drug-likeness (QED) is 0.550. The Hall–Kier alpha value is -0.700. The van der Waals surface area contributed by atoms with E-state index in [0.717, 1.165) is 6.42 Å². The summed E-state index contributed by atoms with van der Waals surface area (Å²) in [4.78, 5) is 13.5. The van der Waals surface area contributed by atoms with Crippen LogP contribution in [0.5, 0.6) is 0 Å². The summed E-state index contributed by atoms with van der Waals surface area (Å²) in [5, 5.41) is 0. The minimum absolute atomic E-state index is 0.282. The number of carbonyl (C=O) groups is 1. The van der Waals surface area contributed by atoms with Crippen molar-refractivity contribution in [2.45, 2.75) is 39.7 Å². The maximum absolute atomic E-state index is 11.8. The molecule has 0 fully saturated rings. The van der Waals surface area contributed by atoms with E-state index in [9.17, 15) is 4.79 Å². The summed E-state index contributed by atoms with van der Waals surface area (Å²) in [6.07, 6.45) is 4.34. The molecule has 0 aliphatic rings. The molecule has 1 amide bonds. The zero-order valence-corrected chi connectivity index (χ0v) is 11.4. The van der Waals surface area contributed by atoms with Gasteiger partial charge in [-0.25, -0.2) is 4.79 Å². The highest BCUT2D eigenvalue weighted by Gasteiger charge is 2.20. The van der Waals surface area contributed by atoms with Gasteiger partial charge in [0.2, 0.25) is 0 Å². The fourth-order valence-electron chi connectivity index (χ4n) is 1.07. The summed E-state index contributed by atoms with van der Waals surface area (Å²) in [5.74, 6) is 0.551. The fraction of sp³-hybridized carbons (Fsp3) is 0.750. The molecule has 0 aromatic carbocycles. The van der Waals surface area contributed by atoms with E-state index < -0.39 is 5.60 Å². The van der Waals surface area contributed by atoms with Crippen LogP contribution in [0.4, 0.5) is 4.79 Å². The monoisotopic (exact) mass is 247 g/mol. The molecule has 16 heavy (non-hydrogen) atoms. The predicted octanol–water partition coefficient (Wildman–Crippen LogP) is 3.43. The first-order valence-electron chi connectivity index (χ1n) is 5.55. The lowest BCUT2D eigenvalue weighted by Crippen LogP contribution is -2.37. The number of amides is 1. The van der Waals surface area contributed by atoms with Crippen molar-refractivity contribution in [1.82, 2.24) is 4.90 Å². The lowest BCUT2D eigenvalue weighted by Gasteiger charge is -2.26. The summed E-state index contributed by atoms with van der Waals surface area (Å²) < 4.78 is 5.30. The number of halogens is 1. The molecular weight excluding hydrogens is 226 g/mol. The zero-order valence-electron chi connectivity index (χ0n) is 10.6. The van der Waals surface area contributed by atoms with Crippen LogP contribution in [-0.2, 0) is 4.74 Å². The third-order valence-electron chi connectivity index (χ3n) is 1.77. The van der Waals surface area contributed by atoms with Crippen LogP contribution < -0.4 is 0 Å². The first-order chi connectivity index (χ1) is 7.40. The lowest BCUT2D eigenvalue weighted by molar-refractivity contribution is 0.0272. The number of carbonyl (C=O) groups excluding carboxylic acids is 1. The van der Waals surface area contributed by atoms with Crippen molar-refractivity contribution in [1.29, 1.82) is 0 Å². The Balaban J connectivity index is 4.31. The van der Waals surface area contributed by atoms with Crippen LogP contribution in [0.3, 0.4) is 0 Å². The Labute approximate surface area is 103 Å². The van der Waals surface area contributed by atoms with E-state index >= 15 is 0 Å². The molecule has 0 heterocycles. The lowest BCUT2D eigenvalue weighted by atomic mass is 10.2. The summed E-state index contributed by atoms with van der Waals surface area (Å²) in [6.45, 7) is 8.71. The number of ether oxygens (including phenoxy) is 1. The number of rotatable bonds is 5. The summed E-state index contributed by atoms with van der Waals surface area (Å²) in [7, 11) is 0. The van der Waals surface area contributed by atoms with Gasteiger partial charge in [-0.3, -0.25) is 0 Å². The second kappa shape index (κ2) is 7.55. The van der Waals surface area contributed by atoms with Gasteiger partial charge in [-0.05, 0) is 34.1 Å². The molecule has 3 nitrogen and oxygen atoms in total. The SMILES string of the molecule is C/C=C/CN(CCCCl)C(=O)OC(C)(C)C. The summed E-state index contributed by atoms with van der Waals surface area (Å²) >= 11 is 5.62. The van der Waals surface area contributed by atoms with Crippen LogP contribution >= 0.6 is 11.6 Å². The zero-order chi connectivity index (χ0) is 12.6. The molecule has 0 unspecified atom stereocenters. The molecule has 0 saturated carbocycles. The van der Waals surface area contributed by atoms with Gasteiger partial charge >= 0.3 is 6.09 Å². The van der Waals surface area contributed by atoms with Crippen molar-refractivity contribution in [3.8, 4) is 0 Å². The second-order valence-corrected chi connectivity index (χ2v) is 4.92. The van der Waals surface area contributed by atoms with Gasteiger partial charge < -0.3 is 9.64 Å². The van der Waals surface area contributed by atoms with E-state index in [0.29, 0.717) is 19.0 Å². The summed E-state index contributed by atoms with van der Waals surface area (Å²) in [6, 6.07) is 0. The molecule has 0 spiro atoms.